The van der Waals surface area contributed by atoms with Crippen LogP contribution in [0.1, 0.15) is 32.0 Å². The van der Waals surface area contributed by atoms with Crippen molar-refractivity contribution in [3.05, 3.63) is 11.8 Å². The molecule has 15 heavy (non-hydrogen) atoms. The van der Waals surface area contributed by atoms with Crippen LogP contribution in [-0.2, 0) is 10.0 Å². The number of nitrogens with two attached hydrogens (primary N) is 1. The Kier molecular flexibility index (Phi) is 3.10. The summed E-state index contributed by atoms with van der Waals surface area (Å²) in [5, 5.41) is 7.96. The fourth-order valence-corrected chi connectivity index (χ4v) is 1.88. The maximum atomic E-state index is 12.3. The third-order valence-electron chi connectivity index (χ3n) is 1.72. The molecule has 86 valence electrons. The molecular formula is C7H11F2N3O2S. The second-order valence-corrected chi connectivity index (χ2v) is 4.80. The van der Waals surface area contributed by atoms with Gasteiger partial charge < -0.3 is 0 Å². The molecule has 0 aliphatic heterocycles. The Morgan fingerprint density at radius 2 is 2.00 bits per heavy atom. The molecule has 0 fully saturated rings. The maximum Gasteiger partial charge on any atom is 0.282 e. The molecule has 0 atom stereocenters. The van der Waals surface area contributed by atoms with Crippen molar-refractivity contribution >= 4 is 10.0 Å². The molecule has 1 aromatic rings. The van der Waals surface area contributed by atoms with Crippen LogP contribution < -0.4 is 5.14 Å². The number of hydrogen-bond donors (Lipinski definition) is 1. The van der Waals surface area contributed by atoms with Crippen molar-refractivity contribution in [2.75, 3.05) is 0 Å². The lowest BCUT2D eigenvalue weighted by Gasteiger charge is -2.08. The standard InChI is InChI=1S/C7H11F2N3O2S/c1-4(2)12-6(15(10,13)14)3-5(11-12)7(8)9/h3-4,7H,1-2H3,(H2,10,13,14). The summed E-state index contributed by atoms with van der Waals surface area (Å²) in [6, 6.07) is 0.436. The average Bonchev–Trinajstić information content (AvgIpc) is 2.45. The van der Waals surface area contributed by atoms with E-state index in [1.165, 1.54) is 0 Å². The van der Waals surface area contributed by atoms with Crippen molar-refractivity contribution in [2.24, 2.45) is 5.14 Å². The predicted octanol–water partition coefficient (Wildman–Crippen LogP) is 1.05. The number of hydrogen-bond acceptors (Lipinski definition) is 3. The van der Waals surface area contributed by atoms with Crippen LogP contribution in [0.2, 0.25) is 0 Å². The molecule has 0 amide bonds. The summed E-state index contributed by atoms with van der Waals surface area (Å²) in [6.45, 7) is 3.24. The molecule has 0 saturated carbocycles. The summed E-state index contributed by atoms with van der Waals surface area (Å²) in [4.78, 5) is 0. The van der Waals surface area contributed by atoms with E-state index in [9.17, 15) is 17.2 Å². The zero-order chi connectivity index (χ0) is 11.8. The van der Waals surface area contributed by atoms with E-state index in [0.29, 0.717) is 0 Å². The number of halogens is 2. The predicted molar refractivity (Wildman–Crippen MR) is 48.9 cm³/mol. The SMILES string of the molecule is CC(C)n1nc(C(F)F)cc1S(N)(=O)=O. The number of alkyl halides is 2. The number of aromatic nitrogens is 2. The smallest absolute Gasteiger partial charge is 0.250 e. The Morgan fingerprint density at radius 1 is 1.47 bits per heavy atom. The van der Waals surface area contributed by atoms with Gasteiger partial charge in [-0.15, -0.1) is 0 Å². The molecule has 2 N–H and O–H groups in total. The van der Waals surface area contributed by atoms with Gasteiger partial charge in [0.05, 0.1) is 0 Å². The topological polar surface area (TPSA) is 78.0 Å². The fourth-order valence-electron chi connectivity index (χ4n) is 1.08. The Labute approximate surface area is 85.9 Å². The van der Waals surface area contributed by atoms with Crippen LogP contribution in [0.4, 0.5) is 8.78 Å². The number of sulfonamides is 1. The van der Waals surface area contributed by atoms with Gasteiger partial charge in [0.25, 0.3) is 16.4 Å². The lowest BCUT2D eigenvalue weighted by molar-refractivity contribution is 0.144. The van der Waals surface area contributed by atoms with E-state index in [-0.39, 0.29) is 6.04 Å². The van der Waals surface area contributed by atoms with Crippen LogP contribution in [-0.4, -0.2) is 18.2 Å². The lowest BCUT2D eigenvalue weighted by Crippen LogP contribution is -2.19. The summed E-state index contributed by atoms with van der Waals surface area (Å²) in [6.07, 6.45) is -2.81. The Hall–Kier alpha value is -1.02. The molecule has 1 rings (SSSR count). The summed E-state index contributed by atoms with van der Waals surface area (Å²) in [5.74, 6) is 0. The molecule has 1 heterocycles. The van der Waals surface area contributed by atoms with Crippen molar-refractivity contribution in [3.63, 3.8) is 0 Å². The second-order valence-electron chi connectivity index (χ2n) is 3.29. The zero-order valence-electron chi connectivity index (χ0n) is 8.18. The van der Waals surface area contributed by atoms with Crippen LogP contribution in [0.15, 0.2) is 11.1 Å². The van der Waals surface area contributed by atoms with Crippen molar-refractivity contribution in [1.29, 1.82) is 0 Å². The van der Waals surface area contributed by atoms with Gasteiger partial charge in [0.15, 0.2) is 5.03 Å². The normalized spacial score (nSPS) is 12.7. The van der Waals surface area contributed by atoms with Gasteiger partial charge in [-0.05, 0) is 13.8 Å². The first-order valence-electron chi connectivity index (χ1n) is 4.14. The molecule has 0 aliphatic rings. The fraction of sp³-hybridized carbons (Fsp3) is 0.571. The molecule has 0 bridgehead atoms. The van der Waals surface area contributed by atoms with Crippen molar-refractivity contribution in [2.45, 2.75) is 31.3 Å². The molecule has 0 aliphatic carbocycles. The van der Waals surface area contributed by atoms with Crippen molar-refractivity contribution < 1.29 is 17.2 Å². The van der Waals surface area contributed by atoms with Crippen LogP contribution in [0.5, 0.6) is 0 Å². The molecule has 0 unspecified atom stereocenters. The highest BCUT2D eigenvalue weighted by Crippen LogP contribution is 2.22. The lowest BCUT2D eigenvalue weighted by atomic mass is 10.4. The molecule has 0 aromatic carbocycles. The largest absolute Gasteiger partial charge is 0.282 e. The van der Waals surface area contributed by atoms with Crippen molar-refractivity contribution in [3.8, 4) is 0 Å². The quantitative estimate of drug-likeness (QED) is 0.856. The molecule has 0 spiro atoms. The Bertz CT molecular complexity index is 453. The molecule has 1 aromatic heterocycles. The molecule has 8 heteroatoms. The van der Waals surface area contributed by atoms with Crippen LogP contribution in [0, 0.1) is 0 Å². The van der Waals surface area contributed by atoms with E-state index in [1.807, 2.05) is 0 Å². The summed E-state index contributed by atoms with van der Waals surface area (Å²) in [7, 11) is -4.02. The zero-order valence-corrected chi connectivity index (χ0v) is 9.00. The van der Waals surface area contributed by atoms with Gasteiger partial charge in [-0.3, -0.25) is 0 Å². The molecule has 5 nitrogen and oxygen atoms in total. The van der Waals surface area contributed by atoms with Gasteiger partial charge >= 0.3 is 0 Å². The highest BCUT2D eigenvalue weighted by atomic mass is 32.2. The van der Waals surface area contributed by atoms with Gasteiger partial charge in [0, 0.05) is 12.1 Å². The third-order valence-corrected chi connectivity index (χ3v) is 2.61. The molecule has 0 radical (unpaired) electrons. The molecule has 0 saturated heterocycles. The summed E-state index contributed by atoms with van der Waals surface area (Å²) < 4.78 is 47.7. The minimum Gasteiger partial charge on any atom is -0.250 e. The minimum absolute atomic E-state index is 0.356. The van der Waals surface area contributed by atoms with Gasteiger partial charge in [-0.1, -0.05) is 0 Å². The first-order chi connectivity index (χ1) is 6.73. The Balaban J connectivity index is 3.37. The van der Waals surface area contributed by atoms with Gasteiger partial charge in [0.1, 0.15) is 5.69 Å². The first kappa shape index (κ1) is 12.1. The summed E-state index contributed by atoms with van der Waals surface area (Å²) in [5.41, 5.74) is -0.590. The van der Waals surface area contributed by atoms with E-state index in [1.54, 1.807) is 13.8 Å². The van der Waals surface area contributed by atoms with Gasteiger partial charge in [-0.25, -0.2) is 27.0 Å². The Morgan fingerprint density at radius 3 is 2.27 bits per heavy atom. The van der Waals surface area contributed by atoms with Crippen molar-refractivity contribution in [1.82, 2.24) is 9.78 Å². The van der Waals surface area contributed by atoms with E-state index in [0.717, 1.165) is 10.7 Å². The second kappa shape index (κ2) is 3.86. The first-order valence-corrected chi connectivity index (χ1v) is 5.68. The highest BCUT2D eigenvalue weighted by Gasteiger charge is 2.22. The van der Waals surface area contributed by atoms with Crippen LogP contribution in [0.3, 0.4) is 0 Å². The van der Waals surface area contributed by atoms with Crippen LogP contribution >= 0.6 is 0 Å². The van der Waals surface area contributed by atoms with Crippen LogP contribution in [0.25, 0.3) is 0 Å². The van der Waals surface area contributed by atoms with E-state index in [4.69, 9.17) is 5.14 Å². The van der Waals surface area contributed by atoms with E-state index >= 15 is 0 Å². The van der Waals surface area contributed by atoms with E-state index < -0.39 is 27.2 Å². The number of rotatable bonds is 3. The van der Waals surface area contributed by atoms with E-state index in [2.05, 4.69) is 5.10 Å². The average molecular weight is 239 g/mol. The number of nitrogens with zero attached hydrogens (tertiary/aromatic N) is 2. The third kappa shape index (κ3) is 2.51. The van der Waals surface area contributed by atoms with Gasteiger partial charge in [-0.2, -0.15) is 5.10 Å². The maximum absolute atomic E-state index is 12.3. The van der Waals surface area contributed by atoms with Gasteiger partial charge in [0.2, 0.25) is 0 Å². The number of primary sulfonamides is 1. The highest BCUT2D eigenvalue weighted by molar-refractivity contribution is 7.89. The summed E-state index contributed by atoms with van der Waals surface area (Å²) >= 11 is 0. The monoisotopic (exact) mass is 239 g/mol. The minimum atomic E-state index is -4.02. The molecular weight excluding hydrogens is 228 g/mol.